The van der Waals surface area contributed by atoms with Crippen LogP contribution < -0.4 is 24.8 Å². The average molecular weight is 802 g/mol. The Balaban J connectivity index is 1.23. The molecule has 0 spiro atoms. The third kappa shape index (κ3) is 9.19. The molecule has 1 aromatic heterocycles. The van der Waals surface area contributed by atoms with Crippen LogP contribution in [-0.2, 0) is 29.1 Å². The molecule has 2 saturated carbocycles. The summed E-state index contributed by atoms with van der Waals surface area (Å²) in [6.45, 7) is 5.19. The predicted octanol–water partition coefficient (Wildman–Crippen LogP) is 5.16. The van der Waals surface area contributed by atoms with Crippen molar-refractivity contribution in [2.45, 2.75) is 113 Å². The molecule has 2 aromatic carbocycles. The summed E-state index contributed by atoms with van der Waals surface area (Å²) in [5.74, 6) is -1.24. The molecule has 3 heterocycles. The van der Waals surface area contributed by atoms with E-state index in [2.05, 4.69) is 15.4 Å². The second kappa shape index (κ2) is 16.0. The van der Waals surface area contributed by atoms with Crippen LogP contribution >= 0.6 is 0 Å². The molecular formula is C42H51N5O9S. The number of aromatic nitrogens is 1. The van der Waals surface area contributed by atoms with Crippen LogP contribution in [0.2, 0.25) is 0 Å². The highest BCUT2D eigenvalue weighted by Crippen LogP contribution is 2.46. The highest BCUT2D eigenvalue weighted by molar-refractivity contribution is 7.91. The number of amides is 4. The highest BCUT2D eigenvalue weighted by Gasteiger charge is 2.62. The summed E-state index contributed by atoms with van der Waals surface area (Å²) in [6.07, 6.45) is 6.73. The van der Waals surface area contributed by atoms with Gasteiger partial charge in [0.05, 0.1) is 30.1 Å². The van der Waals surface area contributed by atoms with Crippen LogP contribution in [0.5, 0.6) is 11.5 Å². The lowest BCUT2D eigenvalue weighted by atomic mass is 10.0. The third-order valence-corrected chi connectivity index (χ3v) is 12.7. The summed E-state index contributed by atoms with van der Waals surface area (Å²) in [5.41, 5.74) is -0.195. The topological polar surface area (TPSA) is 182 Å². The van der Waals surface area contributed by atoms with Gasteiger partial charge in [-0.3, -0.25) is 19.1 Å². The number of carbonyl (C=O) groups is 4. The molecule has 1 saturated heterocycles. The number of hydrogen-bond donors (Lipinski definition) is 3. The number of ether oxygens (including phenoxy) is 3. The lowest BCUT2D eigenvalue weighted by Gasteiger charge is -2.30. The largest absolute Gasteiger partial charge is 0.497 e. The number of allylic oxidation sites excluding steroid dienone is 1. The Labute approximate surface area is 333 Å². The van der Waals surface area contributed by atoms with E-state index in [1.54, 1.807) is 33.9 Å². The molecular weight excluding hydrogens is 751 g/mol. The van der Waals surface area contributed by atoms with Crippen molar-refractivity contribution in [3.63, 3.8) is 0 Å². The maximum atomic E-state index is 14.6. The standard InChI is InChI=1S/C42H51N5O9S/c1-41(2,3)56-40(51)44-32-16-12-7-5-6-11-15-27-24-42(27,39(50)46-57(52,53)30-18-19-30)45-37(48)35-22-29(25-47(35)38(32)49)55-36-23-33(26-13-9-8-10-14-26)43-34-21-28(54-4)17-20-31(34)36/h8-11,13-15,17,20-21,23,27,29-30,32,35H,5-7,12,16,18-19,22,24-25H2,1-4H3,(H,44,51)(H,45,48)(H,46,50)/b15-11-/t27-,29-,32+,35+,42-/m1/s1. The van der Waals surface area contributed by atoms with Crippen molar-refractivity contribution >= 4 is 44.7 Å². The Kier molecular flexibility index (Phi) is 11.2. The minimum atomic E-state index is -3.90. The normalized spacial score (nSPS) is 26.1. The van der Waals surface area contributed by atoms with E-state index in [4.69, 9.17) is 19.2 Å². The van der Waals surface area contributed by atoms with Crippen molar-refractivity contribution in [2.24, 2.45) is 5.92 Å². The van der Waals surface area contributed by atoms with Gasteiger partial charge >= 0.3 is 6.09 Å². The van der Waals surface area contributed by atoms with E-state index in [0.29, 0.717) is 60.2 Å². The molecule has 5 atom stereocenters. The fourth-order valence-electron chi connectivity index (χ4n) is 7.63. The fraction of sp³-hybridized carbons (Fsp3) is 0.500. The zero-order chi connectivity index (χ0) is 40.5. The number of hydrogen-bond acceptors (Lipinski definition) is 10. The summed E-state index contributed by atoms with van der Waals surface area (Å²) in [4.78, 5) is 62.3. The molecule has 0 bridgehead atoms. The summed E-state index contributed by atoms with van der Waals surface area (Å²) in [6, 6.07) is 14.8. The van der Waals surface area contributed by atoms with Gasteiger partial charge in [0.15, 0.2) is 0 Å². The number of alkyl carbamates (subject to hydrolysis) is 1. The third-order valence-electron chi connectivity index (χ3n) is 10.9. The molecule has 3 fully saturated rings. The number of fused-ring (bicyclic) bond motifs is 3. The van der Waals surface area contributed by atoms with Crippen LogP contribution in [0, 0.1) is 5.92 Å². The first-order chi connectivity index (χ1) is 27.2. The van der Waals surface area contributed by atoms with Gasteiger partial charge in [0, 0.05) is 35.4 Å². The van der Waals surface area contributed by atoms with Crippen LogP contribution in [0.4, 0.5) is 4.79 Å². The molecule has 57 heavy (non-hydrogen) atoms. The first-order valence-corrected chi connectivity index (χ1v) is 21.3. The number of sulfonamides is 1. The molecule has 0 unspecified atom stereocenters. The van der Waals surface area contributed by atoms with Crippen LogP contribution in [0.3, 0.4) is 0 Å². The summed E-state index contributed by atoms with van der Waals surface area (Å²) in [7, 11) is -2.33. The maximum absolute atomic E-state index is 14.6. The zero-order valence-electron chi connectivity index (χ0n) is 32.8. The van der Waals surface area contributed by atoms with Crippen molar-refractivity contribution in [1.29, 1.82) is 0 Å². The van der Waals surface area contributed by atoms with Crippen LogP contribution in [0.15, 0.2) is 66.7 Å². The fourth-order valence-corrected chi connectivity index (χ4v) is 9.00. The van der Waals surface area contributed by atoms with Crippen molar-refractivity contribution in [2.75, 3.05) is 13.7 Å². The first kappa shape index (κ1) is 40.0. The van der Waals surface area contributed by atoms with Gasteiger partial charge in [0.2, 0.25) is 21.8 Å². The number of methoxy groups -OCH3 is 1. The second-order valence-electron chi connectivity index (χ2n) is 16.4. The maximum Gasteiger partial charge on any atom is 0.408 e. The number of benzene rings is 2. The zero-order valence-corrected chi connectivity index (χ0v) is 33.6. The number of rotatable bonds is 8. The van der Waals surface area contributed by atoms with Gasteiger partial charge in [0.25, 0.3) is 5.91 Å². The molecule has 304 valence electrons. The Hall–Kier alpha value is -5.18. The lowest BCUT2D eigenvalue weighted by Crippen LogP contribution is -2.58. The molecule has 3 aromatic rings. The SMILES string of the molecule is COc1ccc2c(O[C@@H]3C[C@H]4C(=O)N[C@]5(C(=O)NS(=O)(=O)C6CC6)C[C@H]5/C=C\CCCCC[C@H](NC(=O)OC(C)(C)C)C(=O)N4C3)cc(-c3ccccc3)nc2c1. The van der Waals surface area contributed by atoms with E-state index in [1.807, 2.05) is 60.7 Å². The highest BCUT2D eigenvalue weighted by atomic mass is 32.2. The van der Waals surface area contributed by atoms with Gasteiger partial charge in [-0.25, -0.2) is 18.2 Å². The van der Waals surface area contributed by atoms with E-state index < -0.39 is 74.3 Å². The number of nitrogens with one attached hydrogen (secondary N) is 3. The summed E-state index contributed by atoms with van der Waals surface area (Å²) < 4.78 is 45.8. The van der Waals surface area contributed by atoms with Crippen molar-refractivity contribution in [3.8, 4) is 22.8 Å². The summed E-state index contributed by atoms with van der Waals surface area (Å²) >= 11 is 0. The van der Waals surface area contributed by atoms with Crippen LogP contribution in [0.1, 0.15) is 78.6 Å². The molecule has 15 heteroatoms. The molecule has 4 amide bonds. The van der Waals surface area contributed by atoms with Gasteiger partial charge < -0.3 is 29.7 Å². The Morgan fingerprint density at radius 3 is 2.49 bits per heavy atom. The first-order valence-electron chi connectivity index (χ1n) is 19.7. The molecule has 2 aliphatic heterocycles. The molecule has 14 nitrogen and oxygen atoms in total. The second-order valence-corrected chi connectivity index (χ2v) is 18.4. The van der Waals surface area contributed by atoms with Gasteiger partial charge in [-0.2, -0.15) is 0 Å². The Morgan fingerprint density at radius 1 is 1.00 bits per heavy atom. The minimum absolute atomic E-state index is 0.0113. The molecule has 4 aliphatic rings. The Morgan fingerprint density at radius 2 is 1.77 bits per heavy atom. The summed E-state index contributed by atoms with van der Waals surface area (Å²) in [5, 5.41) is 5.73. The van der Waals surface area contributed by atoms with Gasteiger partial charge in [-0.1, -0.05) is 55.3 Å². The predicted molar refractivity (Wildman–Crippen MR) is 213 cm³/mol. The van der Waals surface area contributed by atoms with Gasteiger partial charge in [-0.15, -0.1) is 0 Å². The van der Waals surface area contributed by atoms with Crippen LogP contribution in [0.25, 0.3) is 22.2 Å². The quantitative estimate of drug-likeness (QED) is 0.258. The lowest BCUT2D eigenvalue weighted by molar-refractivity contribution is -0.141. The van der Waals surface area contributed by atoms with E-state index in [0.717, 1.165) is 18.4 Å². The molecule has 0 radical (unpaired) electrons. The number of carbonyl (C=O) groups excluding carboxylic acids is 4. The van der Waals surface area contributed by atoms with Crippen molar-refractivity contribution < 1.29 is 41.8 Å². The monoisotopic (exact) mass is 801 g/mol. The van der Waals surface area contributed by atoms with E-state index in [1.165, 1.54) is 4.90 Å². The van der Waals surface area contributed by atoms with E-state index in [-0.39, 0.29) is 19.4 Å². The molecule has 7 rings (SSSR count). The van der Waals surface area contributed by atoms with Crippen molar-refractivity contribution in [3.05, 3.63) is 66.7 Å². The van der Waals surface area contributed by atoms with E-state index in [9.17, 15) is 27.6 Å². The minimum Gasteiger partial charge on any atom is -0.497 e. The number of pyridine rings is 1. The molecule has 2 aliphatic carbocycles. The van der Waals surface area contributed by atoms with Crippen LogP contribution in [-0.4, -0.2) is 90.3 Å². The average Bonchev–Trinajstić information content (AvgIpc) is 4.09. The van der Waals surface area contributed by atoms with Gasteiger partial charge in [-0.05, 0) is 71.4 Å². The Bertz CT molecular complexity index is 2170. The number of nitrogens with zero attached hydrogens (tertiary/aromatic N) is 2. The van der Waals surface area contributed by atoms with Gasteiger partial charge in [0.1, 0.15) is 40.8 Å². The molecule has 3 N–H and O–H groups in total. The smallest absolute Gasteiger partial charge is 0.408 e. The van der Waals surface area contributed by atoms with Crippen molar-refractivity contribution in [1.82, 2.24) is 25.2 Å². The van der Waals surface area contributed by atoms with E-state index >= 15 is 0 Å².